The Bertz CT molecular complexity index is 991. The topological polar surface area (TPSA) is 84.2 Å². The van der Waals surface area contributed by atoms with E-state index in [2.05, 4.69) is 10.3 Å². The summed E-state index contributed by atoms with van der Waals surface area (Å²) in [5.41, 5.74) is 3.61. The van der Waals surface area contributed by atoms with Gasteiger partial charge in [-0.05, 0) is 49.2 Å². The number of carbonyl (C=O) groups is 2. The first-order valence-corrected chi connectivity index (χ1v) is 8.60. The largest absolute Gasteiger partial charge is 0.481 e. The van der Waals surface area contributed by atoms with Crippen LogP contribution in [0.1, 0.15) is 12.8 Å². The van der Waals surface area contributed by atoms with Crippen molar-refractivity contribution in [2.24, 2.45) is 18.9 Å². The van der Waals surface area contributed by atoms with Gasteiger partial charge in [0.25, 0.3) is 0 Å². The number of anilines is 1. The second kappa shape index (κ2) is 6.29. The van der Waals surface area contributed by atoms with Crippen LogP contribution in [0.5, 0.6) is 0 Å². The summed E-state index contributed by atoms with van der Waals surface area (Å²) < 4.78 is 2.04. The van der Waals surface area contributed by atoms with Gasteiger partial charge >= 0.3 is 5.97 Å². The van der Waals surface area contributed by atoms with Crippen LogP contribution in [0.3, 0.4) is 0 Å². The molecule has 0 spiro atoms. The SMILES string of the molecule is Cn1c(-c2ccc(NC(=O)C3CCC3C(=O)O)cc2)nc2ccccc21. The van der Waals surface area contributed by atoms with Gasteiger partial charge in [-0.1, -0.05) is 12.1 Å². The molecule has 0 aliphatic heterocycles. The van der Waals surface area contributed by atoms with Crippen molar-refractivity contribution in [2.75, 3.05) is 5.32 Å². The number of amides is 1. The average Bonchev–Trinajstić information content (AvgIpc) is 2.91. The number of carbonyl (C=O) groups excluding carboxylic acids is 1. The maximum Gasteiger partial charge on any atom is 0.307 e. The molecule has 2 unspecified atom stereocenters. The first kappa shape index (κ1) is 16.3. The zero-order chi connectivity index (χ0) is 18.3. The molecule has 1 fully saturated rings. The van der Waals surface area contributed by atoms with Crippen molar-refractivity contribution in [3.05, 3.63) is 48.5 Å². The molecular formula is C20H19N3O3. The number of hydrogen-bond acceptors (Lipinski definition) is 3. The Balaban J connectivity index is 1.52. The Morgan fingerprint density at radius 2 is 1.77 bits per heavy atom. The Morgan fingerprint density at radius 1 is 1.08 bits per heavy atom. The zero-order valence-electron chi connectivity index (χ0n) is 14.3. The molecule has 1 saturated carbocycles. The third kappa shape index (κ3) is 2.73. The lowest BCUT2D eigenvalue weighted by Crippen LogP contribution is -2.41. The molecule has 2 aromatic carbocycles. The predicted molar refractivity (Wildman–Crippen MR) is 98.6 cm³/mol. The van der Waals surface area contributed by atoms with Gasteiger partial charge in [0.1, 0.15) is 5.82 Å². The first-order chi connectivity index (χ1) is 12.5. The van der Waals surface area contributed by atoms with Gasteiger partial charge in [-0.3, -0.25) is 9.59 Å². The van der Waals surface area contributed by atoms with Gasteiger partial charge in [-0.2, -0.15) is 0 Å². The number of carboxylic acids is 1. The average molecular weight is 349 g/mol. The number of hydrogen-bond donors (Lipinski definition) is 2. The van der Waals surface area contributed by atoms with E-state index in [0.717, 1.165) is 22.4 Å². The summed E-state index contributed by atoms with van der Waals surface area (Å²) in [4.78, 5) is 28.0. The van der Waals surface area contributed by atoms with Gasteiger partial charge in [-0.25, -0.2) is 4.98 Å². The molecule has 0 radical (unpaired) electrons. The number of carboxylic acid groups (broad SMARTS) is 1. The molecule has 1 heterocycles. The molecule has 6 heteroatoms. The Hall–Kier alpha value is -3.15. The molecule has 1 aromatic heterocycles. The maximum atomic E-state index is 12.2. The molecule has 1 amide bonds. The van der Waals surface area contributed by atoms with Crippen molar-refractivity contribution >= 4 is 28.6 Å². The number of aryl methyl sites for hydroxylation is 1. The lowest BCUT2D eigenvalue weighted by Gasteiger charge is -2.31. The van der Waals surface area contributed by atoms with E-state index >= 15 is 0 Å². The highest BCUT2D eigenvalue weighted by Gasteiger charge is 2.41. The van der Waals surface area contributed by atoms with E-state index in [4.69, 9.17) is 5.11 Å². The van der Waals surface area contributed by atoms with Crippen LogP contribution in [0.2, 0.25) is 0 Å². The summed E-state index contributed by atoms with van der Waals surface area (Å²) in [5, 5.41) is 11.9. The molecule has 1 aliphatic rings. The predicted octanol–water partition coefficient (Wildman–Crippen LogP) is 3.29. The molecule has 1 aliphatic carbocycles. The Morgan fingerprint density at radius 3 is 2.38 bits per heavy atom. The fourth-order valence-electron chi connectivity index (χ4n) is 3.45. The number of fused-ring (bicyclic) bond motifs is 1. The minimum Gasteiger partial charge on any atom is -0.481 e. The van der Waals surface area contributed by atoms with E-state index in [1.54, 1.807) is 0 Å². The van der Waals surface area contributed by atoms with Crippen molar-refractivity contribution in [1.82, 2.24) is 9.55 Å². The molecule has 2 N–H and O–H groups in total. The fraction of sp³-hybridized carbons (Fsp3) is 0.250. The standard InChI is InChI=1S/C20H19N3O3/c1-23-17-5-3-2-4-16(17)22-18(23)12-6-8-13(9-7-12)21-19(24)14-10-11-15(14)20(25)26/h2-9,14-15H,10-11H2,1H3,(H,21,24)(H,25,26). The number of rotatable bonds is 4. The van der Waals surface area contributed by atoms with Crippen LogP contribution in [0.15, 0.2) is 48.5 Å². The lowest BCUT2D eigenvalue weighted by atomic mass is 9.73. The minimum atomic E-state index is -0.895. The third-order valence-corrected chi connectivity index (χ3v) is 5.13. The summed E-state index contributed by atoms with van der Waals surface area (Å²) in [6.07, 6.45) is 1.19. The lowest BCUT2D eigenvalue weighted by molar-refractivity contribution is -0.151. The molecule has 26 heavy (non-hydrogen) atoms. The van der Waals surface area contributed by atoms with E-state index in [-0.39, 0.29) is 5.91 Å². The number of aliphatic carboxylic acids is 1. The van der Waals surface area contributed by atoms with Gasteiger partial charge in [0.15, 0.2) is 0 Å². The molecule has 6 nitrogen and oxygen atoms in total. The molecule has 0 saturated heterocycles. The zero-order valence-corrected chi connectivity index (χ0v) is 14.3. The van der Waals surface area contributed by atoms with Crippen LogP contribution in [-0.2, 0) is 16.6 Å². The molecule has 0 bridgehead atoms. The quantitative estimate of drug-likeness (QED) is 0.757. The van der Waals surface area contributed by atoms with Crippen molar-refractivity contribution in [1.29, 1.82) is 0 Å². The van der Waals surface area contributed by atoms with Gasteiger partial charge in [0.2, 0.25) is 5.91 Å². The van der Waals surface area contributed by atoms with Crippen molar-refractivity contribution in [2.45, 2.75) is 12.8 Å². The molecular weight excluding hydrogens is 330 g/mol. The van der Waals surface area contributed by atoms with Crippen LogP contribution >= 0.6 is 0 Å². The summed E-state index contributed by atoms with van der Waals surface area (Å²) in [6, 6.07) is 15.4. The number of nitrogens with zero attached hydrogens (tertiary/aromatic N) is 2. The van der Waals surface area contributed by atoms with Gasteiger partial charge < -0.3 is 15.0 Å². The van der Waals surface area contributed by atoms with E-state index in [0.29, 0.717) is 18.5 Å². The van der Waals surface area contributed by atoms with Crippen LogP contribution in [0, 0.1) is 11.8 Å². The summed E-state index contributed by atoms with van der Waals surface area (Å²) in [7, 11) is 1.98. The van der Waals surface area contributed by atoms with Gasteiger partial charge in [0, 0.05) is 18.3 Å². The van der Waals surface area contributed by atoms with Crippen molar-refractivity contribution in [3.63, 3.8) is 0 Å². The Labute approximate surface area is 150 Å². The normalized spacial score (nSPS) is 19.1. The van der Waals surface area contributed by atoms with Crippen molar-refractivity contribution in [3.8, 4) is 11.4 Å². The smallest absolute Gasteiger partial charge is 0.307 e. The first-order valence-electron chi connectivity index (χ1n) is 8.60. The second-order valence-corrected chi connectivity index (χ2v) is 6.68. The number of imidazole rings is 1. The van der Waals surface area contributed by atoms with Crippen LogP contribution in [0.4, 0.5) is 5.69 Å². The van der Waals surface area contributed by atoms with Crippen LogP contribution in [0.25, 0.3) is 22.4 Å². The van der Waals surface area contributed by atoms with Crippen molar-refractivity contribution < 1.29 is 14.7 Å². The van der Waals surface area contributed by atoms with Crippen LogP contribution < -0.4 is 5.32 Å². The van der Waals surface area contributed by atoms with E-state index in [1.807, 2.05) is 60.1 Å². The maximum absolute atomic E-state index is 12.2. The highest BCUT2D eigenvalue weighted by molar-refractivity contribution is 5.96. The highest BCUT2D eigenvalue weighted by Crippen LogP contribution is 2.35. The fourth-order valence-corrected chi connectivity index (χ4v) is 3.45. The van der Waals surface area contributed by atoms with Gasteiger partial charge in [0.05, 0.1) is 22.9 Å². The Kier molecular flexibility index (Phi) is 3.95. The number of aromatic nitrogens is 2. The van der Waals surface area contributed by atoms with Crippen LogP contribution in [-0.4, -0.2) is 26.5 Å². The minimum absolute atomic E-state index is 0.223. The molecule has 4 rings (SSSR count). The second-order valence-electron chi connectivity index (χ2n) is 6.68. The van der Waals surface area contributed by atoms with E-state index in [1.165, 1.54) is 0 Å². The highest BCUT2D eigenvalue weighted by atomic mass is 16.4. The molecule has 132 valence electrons. The summed E-state index contributed by atoms with van der Waals surface area (Å²) >= 11 is 0. The van der Waals surface area contributed by atoms with E-state index in [9.17, 15) is 9.59 Å². The number of nitrogens with one attached hydrogen (secondary N) is 1. The number of benzene rings is 2. The summed E-state index contributed by atoms with van der Waals surface area (Å²) in [6.45, 7) is 0. The monoisotopic (exact) mass is 349 g/mol. The van der Waals surface area contributed by atoms with E-state index < -0.39 is 17.8 Å². The molecule has 2 atom stereocenters. The number of para-hydroxylation sites is 2. The van der Waals surface area contributed by atoms with Gasteiger partial charge in [-0.15, -0.1) is 0 Å². The third-order valence-electron chi connectivity index (χ3n) is 5.13. The summed E-state index contributed by atoms with van der Waals surface area (Å²) in [5.74, 6) is -1.26. The molecule has 3 aromatic rings.